The van der Waals surface area contributed by atoms with Crippen molar-refractivity contribution in [1.29, 1.82) is 0 Å². The molecule has 0 unspecified atom stereocenters. The van der Waals surface area contributed by atoms with Gasteiger partial charge in [0, 0.05) is 12.1 Å². The molecule has 0 spiro atoms. The van der Waals surface area contributed by atoms with Crippen molar-refractivity contribution in [3.63, 3.8) is 0 Å². The van der Waals surface area contributed by atoms with E-state index in [0.29, 0.717) is 12.0 Å². The van der Waals surface area contributed by atoms with Crippen molar-refractivity contribution in [3.05, 3.63) is 0 Å². The number of hydrogen-bond acceptors (Lipinski definition) is 2. The van der Waals surface area contributed by atoms with Crippen molar-refractivity contribution in [2.75, 3.05) is 6.61 Å². The zero-order chi connectivity index (χ0) is 8.15. The van der Waals surface area contributed by atoms with E-state index in [1.54, 1.807) is 0 Å². The minimum Gasteiger partial charge on any atom is -0.395 e. The average molecular weight is 145 g/mol. The van der Waals surface area contributed by atoms with Crippen LogP contribution in [-0.2, 0) is 0 Å². The predicted molar refractivity (Wildman–Crippen MR) is 44.0 cm³/mol. The van der Waals surface area contributed by atoms with Gasteiger partial charge in [-0.2, -0.15) is 0 Å². The molecule has 0 aromatic heterocycles. The highest BCUT2D eigenvalue weighted by atomic mass is 16.3. The van der Waals surface area contributed by atoms with Crippen LogP contribution in [0, 0.1) is 5.92 Å². The molecule has 0 aliphatic heterocycles. The molecule has 0 aromatic carbocycles. The van der Waals surface area contributed by atoms with Crippen LogP contribution >= 0.6 is 0 Å². The largest absolute Gasteiger partial charge is 0.395 e. The summed E-state index contributed by atoms with van der Waals surface area (Å²) in [7, 11) is 0. The van der Waals surface area contributed by atoms with E-state index in [-0.39, 0.29) is 12.6 Å². The Balaban J connectivity index is 3.60. The number of hydrogen-bond donors (Lipinski definition) is 2. The van der Waals surface area contributed by atoms with E-state index in [0.717, 1.165) is 0 Å². The highest BCUT2D eigenvalue weighted by molar-refractivity contribution is 4.70. The average Bonchev–Trinajstić information content (AvgIpc) is 1.81. The molecular weight excluding hydrogens is 126 g/mol. The highest BCUT2D eigenvalue weighted by Crippen LogP contribution is 2.00. The molecule has 0 heterocycles. The molecule has 0 saturated carbocycles. The molecule has 0 aliphatic rings. The zero-order valence-corrected chi connectivity index (χ0v) is 7.39. The first kappa shape index (κ1) is 9.92. The summed E-state index contributed by atoms with van der Waals surface area (Å²) in [6.45, 7) is 8.62. The summed E-state index contributed by atoms with van der Waals surface area (Å²) in [4.78, 5) is 0. The Morgan fingerprint density at radius 2 is 1.70 bits per heavy atom. The minimum absolute atomic E-state index is 0.232. The number of rotatable bonds is 4. The molecule has 0 bridgehead atoms. The lowest BCUT2D eigenvalue weighted by Crippen LogP contribution is -2.41. The van der Waals surface area contributed by atoms with Gasteiger partial charge in [0.25, 0.3) is 0 Å². The predicted octanol–water partition coefficient (Wildman–Crippen LogP) is 1.00. The molecular formula is C8H19NO. The first-order valence-corrected chi connectivity index (χ1v) is 3.94. The molecule has 0 aliphatic carbocycles. The molecule has 0 saturated heterocycles. The fraction of sp³-hybridized carbons (Fsp3) is 1.00. The zero-order valence-electron chi connectivity index (χ0n) is 7.39. The van der Waals surface area contributed by atoms with E-state index >= 15 is 0 Å². The highest BCUT2D eigenvalue weighted by Gasteiger charge is 2.11. The first-order valence-electron chi connectivity index (χ1n) is 3.94. The smallest absolute Gasteiger partial charge is 0.0587 e. The van der Waals surface area contributed by atoms with Crippen molar-refractivity contribution in [1.82, 2.24) is 5.32 Å². The fourth-order valence-corrected chi connectivity index (χ4v) is 0.884. The van der Waals surface area contributed by atoms with E-state index in [2.05, 4.69) is 33.0 Å². The van der Waals surface area contributed by atoms with Gasteiger partial charge < -0.3 is 10.4 Å². The minimum atomic E-state index is 0.232. The van der Waals surface area contributed by atoms with Crippen LogP contribution in [0.15, 0.2) is 0 Å². The monoisotopic (exact) mass is 145 g/mol. The van der Waals surface area contributed by atoms with Gasteiger partial charge in [0.15, 0.2) is 0 Å². The van der Waals surface area contributed by atoms with Crippen LogP contribution in [0.5, 0.6) is 0 Å². The lowest BCUT2D eigenvalue weighted by molar-refractivity contribution is 0.203. The van der Waals surface area contributed by atoms with E-state index in [4.69, 9.17) is 5.11 Å². The Labute approximate surface area is 63.6 Å². The molecule has 0 aromatic rings. The molecule has 2 N–H and O–H groups in total. The first-order chi connectivity index (χ1) is 4.57. The van der Waals surface area contributed by atoms with Gasteiger partial charge in [-0.25, -0.2) is 0 Å². The van der Waals surface area contributed by atoms with Crippen LogP contribution in [0.2, 0.25) is 0 Å². The fourth-order valence-electron chi connectivity index (χ4n) is 0.884. The third kappa shape index (κ3) is 3.85. The molecule has 0 amide bonds. The van der Waals surface area contributed by atoms with Crippen LogP contribution < -0.4 is 5.32 Å². The summed E-state index contributed by atoms with van der Waals surface area (Å²) in [5, 5.41) is 12.2. The van der Waals surface area contributed by atoms with Gasteiger partial charge >= 0.3 is 0 Å². The van der Waals surface area contributed by atoms with Crippen molar-refractivity contribution >= 4 is 0 Å². The molecule has 0 fully saturated rings. The Morgan fingerprint density at radius 3 is 1.80 bits per heavy atom. The van der Waals surface area contributed by atoms with Gasteiger partial charge in [-0.15, -0.1) is 0 Å². The summed E-state index contributed by atoms with van der Waals surface area (Å²) in [5.41, 5.74) is 0. The van der Waals surface area contributed by atoms with Crippen LogP contribution in [0.4, 0.5) is 0 Å². The third-order valence-corrected chi connectivity index (χ3v) is 1.55. The van der Waals surface area contributed by atoms with E-state index in [9.17, 15) is 0 Å². The van der Waals surface area contributed by atoms with Crippen molar-refractivity contribution in [2.45, 2.75) is 39.8 Å². The van der Waals surface area contributed by atoms with Crippen LogP contribution in [0.3, 0.4) is 0 Å². The van der Waals surface area contributed by atoms with Gasteiger partial charge in [0.1, 0.15) is 0 Å². The molecule has 1 atom stereocenters. The lowest BCUT2D eigenvalue weighted by Gasteiger charge is -2.22. The van der Waals surface area contributed by atoms with Gasteiger partial charge in [0.05, 0.1) is 6.61 Å². The Morgan fingerprint density at radius 1 is 1.20 bits per heavy atom. The van der Waals surface area contributed by atoms with Crippen molar-refractivity contribution in [3.8, 4) is 0 Å². The summed E-state index contributed by atoms with van der Waals surface area (Å²) in [5.74, 6) is 0.507. The summed E-state index contributed by atoms with van der Waals surface area (Å²) in [6, 6.07) is 0.708. The van der Waals surface area contributed by atoms with Crippen LogP contribution in [-0.4, -0.2) is 23.8 Å². The molecule has 0 rings (SSSR count). The normalized spacial score (nSPS) is 14.7. The van der Waals surface area contributed by atoms with Crippen LogP contribution in [0.25, 0.3) is 0 Å². The molecule has 2 nitrogen and oxygen atoms in total. The number of nitrogens with one attached hydrogen (secondary N) is 1. The van der Waals surface area contributed by atoms with Gasteiger partial charge in [-0.05, 0) is 5.92 Å². The number of aliphatic hydroxyl groups excluding tert-OH is 1. The molecule has 0 radical (unpaired) electrons. The second kappa shape index (κ2) is 4.69. The van der Waals surface area contributed by atoms with Gasteiger partial charge in [0.2, 0.25) is 0 Å². The maximum atomic E-state index is 8.88. The second-order valence-corrected chi connectivity index (χ2v) is 3.35. The standard InChI is InChI=1S/C8H19NO/c1-6(2)8(5-10)9-7(3)4/h6-10H,5H2,1-4H3/t8-/m0/s1. The third-order valence-electron chi connectivity index (χ3n) is 1.55. The van der Waals surface area contributed by atoms with Crippen molar-refractivity contribution < 1.29 is 5.11 Å². The van der Waals surface area contributed by atoms with Crippen molar-refractivity contribution in [2.24, 2.45) is 5.92 Å². The summed E-state index contributed by atoms with van der Waals surface area (Å²) < 4.78 is 0. The maximum Gasteiger partial charge on any atom is 0.0587 e. The van der Waals surface area contributed by atoms with Crippen LogP contribution in [0.1, 0.15) is 27.7 Å². The molecule has 62 valence electrons. The molecule has 10 heavy (non-hydrogen) atoms. The second-order valence-electron chi connectivity index (χ2n) is 3.35. The Kier molecular flexibility index (Phi) is 4.65. The quantitative estimate of drug-likeness (QED) is 0.618. The Hall–Kier alpha value is -0.0800. The maximum absolute atomic E-state index is 8.88. The van der Waals surface area contributed by atoms with E-state index in [1.807, 2.05) is 0 Å². The topological polar surface area (TPSA) is 32.3 Å². The van der Waals surface area contributed by atoms with E-state index < -0.39 is 0 Å². The SMILES string of the molecule is CC(C)N[C@@H](CO)C(C)C. The van der Waals surface area contributed by atoms with Gasteiger partial charge in [-0.3, -0.25) is 0 Å². The Bertz CT molecular complexity index is 81.3. The van der Waals surface area contributed by atoms with E-state index in [1.165, 1.54) is 0 Å². The summed E-state index contributed by atoms with van der Waals surface area (Å²) >= 11 is 0. The molecule has 2 heteroatoms. The summed E-state index contributed by atoms with van der Waals surface area (Å²) in [6.07, 6.45) is 0. The lowest BCUT2D eigenvalue weighted by atomic mass is 10.0. The number of aliphatic hydroxyl groups is 1. The van der Waals surface area contributed by atoms with Gasteiger partial charge in [-0.1, -0.05) is 27.7 Å².